The molecule has 0 saturated heterocycles. The first-order chi connectivity index (χ1) is 19.2. The summed E-state index contributed by atoms with van der Waals surface area (Å²) in [5.41, 5.74) is 9.05. The molecule has 2 heteroatoms. The van der Waals surface area contributed by atoms with Crippen molar-refractivity contribution in [2.24, 2.45) is 0 Å². The lowest BCUT2D eigenvalue weighted by atomic mass is 9.67. The summed E-state index contributed by atoms with van der Waals surface area (Å²) in [6.07, 6.45) is 0. The van der Waals surface area contributed by atoms with Crippen molar-refractivity contribution in [3.8, 4) is 22.3 Å². The number of fused-ring (bicyclic) bond motifs is 6. The molecule has 0 radical (unpaired) electrons. The maximum atomic E-state index is 15.3. The Hall–Kier alpha value is -4.45. The molecule has 0 saturated carbocycles. The van der Waals surface area contributed by atoms with E-state index in [1.807, 2.05) is 36.4 Å². The molecule has 8 rings (SSSR count). The van der Waals surface area contributed by atoms with Crippen LogP contribution in [-0.4, -0.2) is 0 Å². The van der Waals surface area contributed by atoms with Crippen molar-refractivity contribution in [1.29, 1.82) is 0 Å². The van der Waals surface area contributed by atoms with Gasteiger partial charge in [0.15, 0.2) is 7.14 Å². The van der Waals surface area contributed by atoms with Crippen LogP contribution in [0.1, 0.15) is 22.3 Å². The molecular weight excluding hydrogens is 491 g/mol. The first kappa shape index (κ1) is 22.5. The number of benzene rings is 6. The monoisotopic (exact) mass is 516 g/mol. The molecule has 1 aliphatic heterocycles. The van der Waals surface area contributed by atoms with Crippen LogP contribution in [0.5, 0.6) is 0 Å². The van der Waals surface area contributed by atoms with E-state index in [9.17, 15) is 0 Å². The molecule has 1 nitrogen and oxygen atoms in total. The van der Waals surface area contributed by atoms with Gasteiger partial charge in [-0.2, -0.15) is 0 Å². The molecule has 6 aromatic rings. The zero-order valence-electron chi connectivity index (χ0n) is 21.3. The number of hydrogen-bond donors (Lipinski definition) is 0. The highest BCUT2D eigenvalue weighted by molar-refractivity contribution is 7.86. The average Bonchev–Trinajstić information content (AvgIpc) is 3.45. The molecule has 39 heavy (non-hydrogen) atoms. The summed E-state index contributed by atoms with van der Waals surface area (Å²) in [7, 11) is -3.03. The Kier molecular flexibility index (Phi) is 4.78. The maximum absolute atomic E-state index is 15.3. The van der Waals surface area contributed by atoms with Crippen LogP contribution >= 0.6 is 7.14 Å². The van der Waals surface area contributed by atoms with E-state index >= 15 is 4.57 Å². The van der Waals surface area contributed by atoms with Crippen LogP contribution in [0.3, 0.4) is 0 Å². The third-order valence-electron chi connectivity index (χ3n) is 8.57. The van der Waals surface area contributed by atoms with Gasteiger partial charge in [-0.1, -0.05) is 140 Å². The Morgan fingerprint density at radius 3 is 1.62 bits per heavy atom. The van der Waals surface area contributed by atoms with Gasteiger partial charge < -0.3 is 4.57 Å². The SMILES string of the molecule is O=P1(c2ccccc2)c2ccccc2-c2cc3c(cc21)-c1ccccc1C3(c1ccccc1)c1ccccc1. The lowest BCUT2D eigenvalue weighted by Gasteiger charge is -2.34. The quantitative estimate of drug-likeness (QED) is 0.220. The summed E-state index contributed by atoms with van der Waals surface area (Å²) in [5, 5.41) is 2.77. The van der Waals surface area contributed by atoms with E-state index in [4.69, 9.17) is 0 Å². The van der Waals surface area contributed by atoms with Gasteiger partial charge in [0.25, 0.3) is 0 Å². The minimum Gasteiger partial charge on any atom is -0.309 e. The Morgan fingerprint density at radius 1 is 0.410 bits per heavy atom. The van der Waals surface area contributed by atoms with E-state index in [1.54, 1.807) is 0 Å². The van der Waals surface area contributed by atoms with Gasteiger partial charge in [-0.25, -0.2) is 0 Å². The van der Waals surface area contributed by atoms with Crippen molar-refractivity contribution < 1.29 is 4.57 Å². The fourth-order valence-electron chi connectivity index (χ4n) is 6.97. The molecule has 0 aromatic heterocycles. The highest BCUT2D eigenvalue weighted by Crippen LogP contribution is 2.60. The second kappa shape index (κ2) is 8.27. The van der Waals surface area contributed by atoms with Gasteiger partial charge in [-0.05, 0) is 56.6 Å². The van der Waals surface area contributed by atoms with E-state index in [-0.39, 0.29) is 0 Å². The van der Waals surface area contributed by atoms with Crippen molar-refractivity contribution in [2.45, 2.75) is 5.41 Å². The largest absolute Gasteiger partial charge is 0.309 e. The van der Waals surface area contributed by atoms with Crippen LogP contribution in [0.25, 0.3) is 22.3 Å². The van der Waals surface area contributed by atoms with Gasteiger partial charge >= 0.3 is 0 Å². The third-order valence-corrected chi connectivity index (χ3v) is 11.7. The van der Waals surface area contributed by atoms with Crippen LogP contribution in [-0.2, 0) is 9.98 Å². The van der Waals surface area contributed by atoms with Crippen LogP contribution < -0.4 is 15.9 Å². The summed E-state index contributed by atoms with van der Waals surface area (Å²) in [6.45, 7) is 0. The highest BCUT2D eigenvalue weighted by Gasteiger charge is 2.49. The van der Waals surface area contributed by atoms with Crippen molar-refractivity contribution in [2.75, 3.05) is 0 Å². The van der Waals surface area contributed by atoms with Gasteiger partial charge in [0, 0.05) is 15.9 Å². The minimum atomic E-state index is -3.03. The molecule has 0 bridgehead atoms. The summed E-state index contributed by atoms with van der Waals surface area (Å²) < 4.78 is 15.3. The molecule has 0 N–H and O–H groups in total. The van der Waals surface area contributed by atoms with Crippen molar-refractivity contribution in [3.05, 3.63) is 174 Å². The molecule has 0 spiro atoms. The van der Waals surface area contributed by atoms with Gasteiger partial charge in [0.05, 0.1) is 5.41 Å². The topological polar surface area (TPSA) is 17.1 Å². The summed E-state index contributed by atoms with van der Waals surface area (Å²) in [5.74, 6) is 0. The molecule has 184 valence electrons. The zero-order valence-corrected chi connectivity index (χ0v) is 22.2. The molecule has 6 aromatic carbocycles. The zero-order chi connectivity index (χ0) is 26.0. The van der Waals surface area contributed by atoms with Crippen molar-refractivity contribution in [1.82, 2.24) is 0 Å². The standard InChI is InChI=1S/C37H25OP/c38-39(28-18-8-3-9-19-28)35-23-13-11-21-30(35)32-24-34-31(25-36(32)39)29-20-10-12-22-33(29)37(34,26-14-4-1-5-15-26)27-16-6-2-7-17-27/h1-25H. The fourth-order valence-corrected chi connectivity index (χ4v) is 10.0. The van der Waals surface area contributed by atoms with Crippen molar-refractivity contribution in [3.63, 3.8) is 0 Å². The summed E-state index contributed by atoms with van der Waals surface area (Å²) >= 11 is 0. The van der Waals surface area contributed by atoms with E-state index in [2.05, 4.69) is 115 Å². The van der Waals surface area contributed by atoms with E-state index in [1.165, 1.54) is 33.4 Å². The van der Waals surface area contributed by atoms with Crippen LogP contribution in [0, 0.1) is 0 Å². The molecule has 2 aliphatic rings. The highest BCUT2D eigenvalue weighted by atomic mass is 31.2. The van der Waals surface area contributed by atoms with Crippen molar-refractivity contribution >= 4 is 23.1 Å². The van der Waals surface area contributed by atoms with Gasteiger partial charge in [-0.15, -0.1) is 0 Å². The number of hydrogen-bond acceptors (Lipinski definition) is 1. The molecule has 1 aliphatic carbocycles. The second-order valence-electron chi connectivity index (χ2n) is 10.4. The van der Waals surface area contributed by atoms with E-state index in [0.29, 0.717) is 0 Å². The van der Waals surface area contributed by atoms with E-state index < -0.39 is 12.6 Å². The molecule has 1 heterocycles. The maximum Gasteiger partial charge on any atom is 0.172 e. The normalized spacial score (nSPS) is 17.6. The lowest BCUT2D eigenvalue weighted by Crippen LogP contribution is -2.29. The molecular formula is C37H25OP. The Bertz CT molecular complexity index is 1880. The third kappa shape index (κ3) is 2.89. The molecule has 0 amide bonds. The van der Waals surface area contributed by atoms with Crippen LogP contribution in [0.4, 0.5) is 0 Å². The smallest absolute Gasteiger partial charge is 0.172 e. The lowest BCUT2D eigenvalue weighted by molar-refractivity contribution is 0.593. The van der Waals surface area contributed by atoms with Gasteiger partial charge in [-0.3, -0.25) is 0 Å². The Balaban J connectivity index is 1.53. The van der Waals surface area contributed by atoms with Crippen LogP contribution in [0.2, 0.25) is 0 Å². The molecule has 1 atom stereocenters. The summed E-state index contributed by atoms with van der Waals surface area (Å²) in [4.78, 5) is 0. The van der Waals surface area contributed by atoms with E-state index in [0.717, 1.165) is 27.0 Å². The predicted octanol–water partition coefficient (Wildman–Crippen LogP) is 7.67. The Morgan fingerprint density at radius 2 is 0.949 bits per heavy atom. The van der Waals surface area contributed by atoms with Gasteiger partial charge in [0.1, 0.15) is 0 Å². The first-order valence-electron chi connectivity index (χ1n) is 13.4. The molecule has 1 unspecified atom stereocenters. The first-order valence-corrected chi connectivity index (χ1v) is 15.1. The second-order valence-corrected chi connectivity index (χ2v) is 13.1. The van der Waals surface area contributed by atoms with Crippen LogP contribution in [0.15, 0.2) is 152 Å². The molecule has 0 fully saturated rings. The minimum absolute atomic E-state index is 0.474. The van der Waals surface area contributed by atoms with Gasteiger partial charge in [0.2, 0.25) is 0 Å². The summed E-state index contributed by atoms with van der Waals surface area (Å²) in [6, 6.07) is 53.3. The Labute approximate surface area is 228 Å². The fraction of sp³-hybridized carbons (Fsp3) is 0.0270. The number of rotatable bonds is 3. The average molecular weight is 517 g/mol. The predicted molar refractivity (Wildman–Crippen MR) is 162 cm³/mol.